The van der Waals surface area contributed by atoms with Gasteiger partial charge in [-0.15, -0.1) is 0 Å². The molecular weight excluding hydrogens is 346 g/mol. The molecule has 0 bridgehead atoms. The number of nitrogens with zero attached hydrogens (tertiary/aromatic N) is 3. The van der Waals surface area contributed by atoms with Gasteiger partial charge in [0.2, 0.25) is 0 Å². The van der Waals surface area contributed by atoms with E-state index >= 15 is 0 Å². The van der Waals surface area contributed by atoms with Gasteiger partial charge in [0.15, 0.2) is 0 Å². The van der Waals surface area contributed by atoms with Crippen LogP contribution in [0.4, 0.5) is 0 Å². The lowest BCUT2D eigenvalue weighted by molar-refractivity contribution is 0.0773. The fraction of sp³-hybridized carbons (Fsp3) is 0.238. The largest absolute Gasteiger partial charge is 0.339 e. The number of hydrogen-bond donors (Lipinski definition) is 0. The molecule has 3 aromatic rings. The number of benzene rings is 2. The van der Waals surface area contributed by atoms with Crippen LogP contribution < -0.4 is 0 Å². The first-order chi connectivity index (χ1) is 12.6. The molecule has 0 aliphatic heterocycles. The summed E-state index contributed by atoms with van der Waals surface area (Å²) < 4.78 is 1.83. The van der Waals surface area contributed by atoms with Gasteiger partial charge in [-0.1, -0.05) is 54.1 Å². The molecule has 0 atom stereocenters. The van der Waals surface area contributed by atoms with Gasteiger partial charge < -0.3 is 4.90 Å². The van der Waals surface area contributed by atoms with E-state index in [2.05, 4.69) is 12.1 Å². The molecular formula is C21H22ClN3O. The Morgan fingerprint density at radius 1 is 1.04 bits per heavy atom. The van der Waals surface area contributed by atoms with Crippen LogP contribution in [0.15, 0.2) is 60.8 Å². The summed E-state index contributed by atoms with van der Waals surface area (Å²) in [6, 6.07) is 17.5. The molecule has 0 aliphatic rings. The van der Waals surface area contributed by atoms with Gasteiger partial charge in [0.1, 0.15) is 5.69 Å². The highest BCUT2D eigenvalue weighted by atomic mass is 35.5. The normalized spacial score (nSPS) is 10.7. The van der Waals surface area contributed by atoms with Crippen molar-refractivity contribution in [3.8, 4) is 11.3 Å². The van der Waals surface area contributed by atoms with E-state index in [4.69, 9.17) is 16.7 Å². The lowest BCUT2D eigenvalue weighted by atomic mass is 10.1. The average Bonchev–Trinajstić information content (AvgIpc) is 3.08. The molecule has 1 amide bonds. The molecule has 26 heavy (non-hydrogen) atoms. The molecule has 5 heteroatoms. The third kappa shape index (κ3) is 3.97. The maximum absolute atomic E-state index is 13.0. The lowest BCUT2D eigenvalue weighted by Gasteiger charge is -2.18. The second kappa shape index (κ2) is 8.19. The van der Waals surface area contributed by atoms with Crippen molar-refractivity contribution in [3.63, 3.8) is 0 Å². The van der Waals surface area contributed by atoms with Crippen molar-refractivity contribution in [2.75, 3.05) is 13.1 Å². The van der Waals surface area contributed by atoms with E-state index in [0.29, 0.717) is 35.9 Å². The second-order valence-corrected chi connectivity index (χ2v) is 6.50. The van der Waals surface area contributed by atoms with Crippen LogP contribution in [0.2, 0.25) is 5.02 Å². The summed E-state index contributed by atoms with van der Waals surface area (Å²) >= 11 is 6.01. The number of hydrogen-bond acceptors (Lipinski definition) is 2. The molecule has 0 fully saturated rings. The molecule has 4 nitrogen and oxygen atoms in total. The molecule has 0 N–H and O–H groups in total. The zero-order chi connectivity index (χ0) is 18.5. The first-order valence-electron chi connectivity index (χ1n) is 8.79. The Bertz CT molecular complexity index is 868. The monoisotopic (exact) mass is 367 g/mol. The first kappa shape index (κ1) is 18.2. The molecule has 0 saturated carbocycles. The van der Waals surface area contributed by atoms with Crippen molar-refractivity contribution in [2.45, 2.75) is 20.4 Å². The summed E-state index contributed by atoms with van der Waals surface area (Å²) in [5.74, 6) is -0.000684. The van der Waals surface area contributed by atoms with E-state index < -0.39 is 0 Å². The van der Waals surface area contributed by atoms with E-state index in [0.717, 1.165) is 11.1 Å². The smallest absolute Gasteiger partial charge is 0.257 e. The molecule has 0 spiro atoms. The topological polar surface area (TPSA) is 38.1 Å². The SMILES string of the molecule is CCN(CC)C(=O)c1cn(Cc2ccccc2)nc1-c1ccc(Cl)cc1. The molecule has 0 radical (unpaired) electrons. The second-order valence-electron chi connectivity index (χ2n) is 6.06. The highest BCUT2D eigenvalue weighted by Gasteiger charge is 2.21. The predicted molar refractivity (Wildman–Crippen MR) is 105 cm³/mol. The number of halogens is 1. The van der Waals surface area contributed by atoms with Gasteiger partial charge in [0.25, 0.3) is 5.91 Å². The van der Waals surface area contributed by atoms with Gasteiger partial charge >= 0.3 is 0 Å². The fourth-order valence-corrected chi connectivity index (χ4v) is 3.06. The summed E-state index contributed by atoms with van der Waals surface area (Å²) in [6.45, 7) is 5.92. The van der Waals surface area contributed by atoms with Crippen molar-refractivity contribution in [1.29, 1.82) is 0 Å². The molecule has 134 valence electrons. The maximum Gasteiger partial charge on any atom is 0.257 e. The first-order valence-corrected chi connectivity index (χ1v) is 9.16. The Balaban J connectivity index is 2.02. The highest BCUT2D eigenvalue weighted by Crippen LogP contribution is 2.25. The van der Waals surface area contributed by atoms with E-state index in [1.807, 2.05) is 72.1 Å². The molecule has 2 aromatic carbocycles. The molecule has 1 heterocycles. The minimum absolute atomic E-state index is 0.000684. The summed E-state index contributed by atoms with van der Waals surface area (Å²) in [6.07, 6.45) is 1.84. The van der Waals surface area contributed by atoms with Crippen molar-refractivity contribution >= 4 is 17.5 Å². The van der Waals surface area contributed by atoms with Crippen molar-refractivity contribution in [3.05, 3.63) is 76.9 Å². The van der Waals surface area contributed by atoms with Crippen LogP contribution >= 0.6 is 11.6 Å². The van der Waals surface area contributed by atoms with Gasteiger partial charge in [-0.25, -0.2) is 0 Å². The van der Waals surface area contributed by atoms with Gasteiger partial charge in [0, 0.05) is 29.9 Å². The fourth-order valence-electron chi connectivity index (χ4n) is 2.93. The van der Waals surface area contributed by atoms with E-state index in [9.17, 15) is 4.79 Å². The van der Waals surface area contributed by atoms with Crippen LogP contribution in [-0.4, -0.2) is 33.7 Å². The molecule has 3 rings (SSSR count). The third-order valence-corrected chi connectivity index (χ3v) is 4.60. The van der Waals surface area contributed by atoms with Crippen molar-refractivity contribution in [1.82, 2.24) is 14.7 Å². The van der Waals surface area contributed by atoms with Crippen LogP contribution in [0.1, 0.15) is 29.8 Å². The van der Waals surface area contributed by atoms with Gasteiger partial charge in [-0.2, -0.15) is 5.10 Å². The summed E-state index contributed by atoms with van der Waals surface area (Å²) in [5, 5.41) is 5.36. The standard InChI is InChI=1S/C21H22ClN3O/c1-3-24(4-2)21(26)19-15-25(14-16-8-6-5-7-9-16)23-20(19)17-10-12-18(22)13-11-17/h5-13,15H,3-4,14H2,1-2H3. The van der Waals surface area contributed by atoms with Crippen LogP contribution in [0, 0.1) is 0 Å². The quantitative estimate of drug-likeness (QED) is 0.631. The zero-order valence-electron chi connectivity index (χ0n) is 15.0. The van der Waals surface area contributed by atoms with Gasteiger partial charge in [-0.05, 0) is 31.5 Å². The lowest BCUT2D eigenvalue weighted by Crippen LogP contribution is -2.30. The van der Waals surface area contributed by atoms with Gasteiger partial charge in [-0.3, -0.25) is 9.48 Å². The third-order valence-electron chi connectivity index (χ3n) is 4.35. The predicted octanol–water partition coefficient (Wildman–Crippen LogP) is 4.73. The number of amides is 1. The van der Waals surface area contributed by atoms with Crippen LogP contribution in [0.3, 0.4) is 0 Å². The number of carbonyl (C=O) groups is 1. The minimum atomic E-state index is -0.000684. The van der Waals surface area contributed by atoms with Crippen LogP contribution in [0.25, 0.3) is 11.3 Å². The van der Waals surface area contributed by atoms with E-state index in [-0.39, 0.29) is 5.91 Å². The molecule has 0 saturated heterocycles. The number of aromatic nitrogens is 2. The Morgan fingerprint density at radius 3 is 2.31 bits per heavy atom. The highest BCUT2D eigenvalue weighted by molar-refractivity contribution is 6.30. The minimum Gasteiger partial charge on any atom is -0.339 e. The van der Waals surface area contributed by atoms with Gasteiger partial charge in [0.05, 0.1) is 12.1 Å². The maximum atomic E-state index is 13.0. The number of rotatable bonds is 6. The Morgan fingerprint density at radius 2 is 1.69 bits per heavy atom. The summed E-state index contributed by atoms with van der Waals surface area (Å²) in [4.78, 5) is 14.8. The average molecular weight is 368 g/mol. The van der Waals surface area contributed by atoms with E-state index in [1.165, 1.54) is 0 Å². The van der Waals surface area contributed by atoms with Crippen LogP contribution in [0.5, 0.6) is 0 Å². The Kier molecular flexibility index (Phi) is 5.74. The molecule has 1 aromatic heterocycles. The molecule has 0 aliphatic carbocycles. The van der Waals surface area contributed by atoms with E-state index in [1.54, 1.807) is 0 Å². The zero-order valence-corrected chi connectivity index (χ0v) is 15.8. The Hall–Kier alpha value is -2.59. The van der Waals surface area contributed by atoms with Crippen molar-refractivity contribution < 1.29 is 4.79 Å². The van der Waals surface area contributed by atoms with Crippen LogP contribution in [-0.2, 0) is 6.54 Å². The summed E-state index contributed by atoms with van der Waals surface area (Å²) in [5.41, 5.74) is 3.33. The Labute approximate surface area is 159 Å². The van der Waals surface area contributed by atoms with Crippen molar-refractivity contribution in [2.24, 2.45) is 0 Å². The molecule has 0 unspecified atom stereocenters. The summed E-state index contributed by atoms with van der Waals surface area (Å²) in [7, 11) is 0. The number of carbonyl (C=O) groups excluding carboxylic acids is 1.